The summed E-state index contributed by atoms with van der Waals surface area (Å²) in [5.74, 6) is 0.528. The molecule has 0 saturated carbocycles. The van der Waals surface area contributed by atoms with Gasteiger partial charge in [0.25, 0.3) is 5.91 Å². The maximum atomic E-state index is 13.0. The summed E-state index contributed by atoms with van der Waals surface area (Å²) in [6, 6.07) is 11.6. The zero-order chi connectivity index (χ0) is 17.1. The molecule has 0 spiro atoms. The number of piperidine rings is 1. The van der Waals surface area contributed by atoms with Crippen LogP contribution in [-0.2, 0) is 16.0 Å². The summed E-state index contributed by atoms with van der Waals surface area (Å²) >= 11 is 0. The first-order chi connectivity index (χ1) is 12.3. The number of carbonyl (C=O) groups excluding carboxylic acids is 1. The van der Waals surface area contributed by atoms with Crippen LogP contribution >= 0.6 is 0 Å². The smallest absolute Gasteiger partial charge is 0.256 e. The van der Waals surface area contributed by atoms with Crippen LogP contribution in [0.2, 0.25) is 0 Å². The van der Waals surface area contributed by atoms with Gasteiger partial charge >= 0.3 is 0 Å². The zero-order valence-electron chi connectivity index (χ0n) is 14.0. The molecule has 6 heteroatoms. The van der Waals surface area contributed by atoms with Crippen molar-refractivity contribution in [2.75, 3.05) is 19.7 Å². The molecule has 2 aliphatic rings. The minimum atomic E-state index is -0.500. The van der Waals surface area contributed by atoms with Crippen molar-refractivity contribution in [3.63, 3.8) is 0 Å². The van der Waals surface area contributed by atoms with E-state index in [0.29, 0.717) is 19.0 Å². The van der Waals surface area contributed by atoms with Gasteiger partial charge in [0.05, 0.1) is 13.2 Å². The summed E-state index contributed by atoms with van der Waals surface area (Å²) in [5, 5.41) is 7.79. The molecule has 2 atom stereocenters. The van der Waals surface area contributed by atoms with Gasteiger partial charge < -0.3 is 14.4 Å². The summed E-state index contributed by atoms with van der Waals surface area (Å²) < 4.78 is 11.7. The van der Waals surface area contributed by atoms with E-state index < -0.39 is 6.10 Å². The summed E-state index contributed by atoms with van der Waals surface area (Å²) in [4.78, 5) is 14.9. The molecular weight excluding hydrogens is 318 g/mol. The number of aromatic nitrogens is 2. The lowest BCUT2D eigenvalue weighted by Crippen LogP contribution is -2.47. The van der Waals surface area contributed by atoms with E-state index in [9.17, 15) is 4.79 Å². The number of likely N-dealkylation sites (tertiary alicyclic amines) is 1. The summed E-state index contributed by atoms with van der Waals surface area (Å²) in [6.07, 6.45) is 3.72. The highest BCUT2D eigenvalue weighted by atomic mass is 16.5. The van der Waals surface area contributed by atoms with E-state index in [2.05, 4.69) is 16.3 Å². The quantitative estimate of drug-likeness (QED) is 0.857. The Bertz CT molecular complexity index is 738. The topological polar surface area (TPSA) is 64.5 Å². The molecule has 1 saturated heterocycles. The van der Waals surface area contributed by atoms with Crippen LogP contribution in [0.25, 0.3) is 0 Å². The average molecular weight is 339 g/mol. The number of carbonyl (C=O) groups is 1. The van der Waals surface area contributed by atoms with Gasteiger partial charge in [-0.1, -0.05) is 24.3 Å². The molecule has 1 aromatic carbocycles. The predicted octanol–water partition coefficient (Wildman–Crippen LogP) is 2.16. The van der Waals surface area contributed by atoms with E-state index in [4.69, 9.17) is 9.47 Å². The number of amides is 1. The summed E-state index contributed by atoms with van der Waals surface area (Å²) in [7, 11) is 0. The minimum Gasteiger partial charge on any atom is -0.471 e. The third kappa shape index (κ3) is 3.49. The van der Waals surface area contributed by atoms with Crippen LogP contribution in [0.3, 0.4) is 0 Å². The van der Waals surface area contributed by atoms with Crippen molar-refractivity contribution in [2.24, 2.45) is 0 Å². The monoisotopic (exact) mass is 339 g/mol. The SMILES string of the molecule is O=C(C1OCCc2ccccc21)N1CCCC(Oc2cccnn2)C1. The summed E-state index contributed by atoms with van der Waals surface area (Å²) in [6.45, 7) is 1.87. The molecular formula is C19H21N3O3. The fraction of sp³-hybridized carbons (Fsp3) is 0.421. The normalized spacial score (nSPS) is 23.0. The van der Waals surface area contributed by atoms with Crippen LogP contribution < -0.4 is 4.74 Å². The average Bonchev–Trinajstić information content (AvgIpc) is 2.68. The Morgan fingerprint density at radius 2 is 2.16 bits per heavy atom. The number of ether oxygens (including phenoxy) is 2. The van der Waals surface area contributed by atoms with E-state index in [1.54, 1.807) is 18.3 Å². The van der Waals surface area contributed by atoms with Crippen molar-refractivity contribution < 1.29 is 14.3 Å². The van der Waals surface area contributed by atoms with Gasteiger partial charge in [0.1, 0.15) is 6.10 Å². The maximum Gasteiger partial charge on any atom is 0.256 e. The van der Waals surface area contributed by atoms with Crippen molar-refractivity contribution in [3.8, 4) is 5.88 Å². The number of benzene rings is 1. The lowest BCUT2D eigenvalue weighted by atomic mass is 9.96. The first-order valence-corrected chi connectivity index (χ1v) is 8.74. The Labute approximate surface area is 146 Å². The van der Waals surface area contributed by atoms with E-state index in [0.717, 1.165) is 31.4 Å². The van der Waals surface area contributed by atoms with Crippen LogP contribution in [-0.4, -0.2) is 46.8 Å². The van der Waals surface area contributed by atoms with Crippen LogP contribution in [0, 0.1) is 0 Å². The van der Waals surface area contributed by atoms with Crippen molar-refractivity contribution in [1.29, 1.82) is 0 Å². The fourth-order valence-electron chi connectivity index (χ4n) is 3.52. The molecule has 130 valence electrons. The molecule has 3 heterocycles. The predicted molar refractivity (Wildman–Crippen MR) is 91.1 cm³/mol. The van der Waals surface area contributed by atoms with Crippen molar-refractivity contribution in [2.45, 2.75) is 31.5 Å². The minimum absolute atomic E-state index is 0.0274. The van der Waals surface area contributed by atoms with Crippen molar-refractivity contribution in [1.82, 2.24) is 15.1 Å². The Balaban J connectivity index is 1.46. The Morgan fingerprint density at radius 3 is 3.04 bits per heavy atom. The first kappa shape index (κ1) is 16.0. The van der Waals surface area contributed by atoms with Gasteiger partial charge in [-0.25, -0.2) is 0 Å². The third-order valence-electron chi connectivity index (χ3n) is 4.74. The van der Waals surface area contributed by atoms with Crippen molar-refractivity contribution >= 4 is 5.91 Å². The van der Waals surface area contributed by atoms with Gasteiger partial charge in [-0.2, -0.15) is 5.10 Å². The van der Waals surface area contributed by atoms with Gasteiger partial charge in [-0.05, 0) is 36.5 Å². The maximum absolute atomic E-state index is 13.0. The number of rotatable bonds is 3. The molecule has 6 nitrogen and oxygen atoms in total. The molecule has 1 amide bonds. The van der Waals surface area contributed by atoms with E-state index in [-0.39, 0.29) is 12.0 Å². The zero-order valence-corrected chi connectivity index (χ0v) is 14.0. The molecule has 0 N–H and O–H groups in total. The molecule has 1 aromatic heterocycles. The molecule has 1 fully saturated rings. The van der Waals surface area contributed by atoms with Gasteiger partial charge in [-0.15, -0.1) is 5.10 Å². The lowest BCUT2D eigenvalue weighted by Gasteiger charge is -2.36. The molecule has 2 unspecified atom stereocenters. The molecule has 2 aromatic rings. The van der Waals surface area contributed by atoms with Crippen LogP contribution in [0.1, 0.15) is 30.1 Å². The molecule has 25 heavy (non-hydrogen) atoms. The van der Waals surface area contributed by atoms with Crippen LogP contribution in [0.15, 0.2) is 42.6 Å². The third-order valence-corrected chi connectivity index (χ3v) is 4.74. The van der Waals surface area contributed by atoms with Gasteiger partial charge in [-0.3, -0.25) is 4.79 Å². The van der Waals surface area contributed by atoms with Crippen LogP contribution in [0.4, 0.5) is 0 Å². The number of fused-ring (bicyclic) bond motifs is 1. The molecule has 0 bridgehead atoms. The second-order valence-corrected chi connectivity index (χ2v) is 6.43. The Morgan fingerprint density at radius 1 is 1.24 bits per heavy atom. The second kappa shape index (κ2) is 7.19. The fourth-order valence-corrected chi connectivity index (χ4v) is 3.52. The van der Waals surface area contributed by atoms with E-state index in [1.165, 1.54) is 5.56 Å². The standard InChI is InChI=1S/C19H21N3O3/c23-19(18-16-7-2-1-5-14(16)9-12-24-18)22-11-4-6-15(13-22)25-17-8-3-10-20-21-17/h1-3,5,7-8,10,15,18H,4,6,9,11-13H2. The first-order valence-electron chi connectivity index (χ1n) is 8.74. The second-order valence-electron chi connectivity index (χ2n) is 6.43. The largest absolute Gasteiger partial charge is 0.471 e. The van der Waals surface area contributed by atoms with E-state index >= 15 is 0 Å². The molecule has 2 aliphatic heterocycles. The van der Waals surface area contributed by atoms with Crippen molar-refractivity contribution in [3.05, 3.63) is 53.7 Å². The van der Waals surface area contributed by atoms with Gasteiger partial charge in [0.15, 0.2) is 6.10 Å². The lowest BCUT2D eigenvalue weighted by molar-refractivity contribution is -0.147. The molecule has 0 radical (unpaired) electrons. The Hall–Kier alpha value is -2.47. The van der Waals surface area contributed by atoms with E-state index in [1.807, 2.05) is 23.1 Å². The molecule has 0 aliphatic carbocycles. The number of nitrogens with zero attached hydrogens (tertiary/aromatic N) is 3. The van der Waals surface area contributed by atoms with Gasteiger partial charge in [0.2, 0.25) is 5.88 Å². The highest BCUT2D eigenvalue weighted by Gasteiger charge is 2.33. The Kier molecular flexibility index (Phi) is 4.61. The van der Waals surface area contributed by atoms with Gasteiger partial charge in [0, 0.05) is 18.8 Å². The highest BCUT2D eigenvalue weighted by molar-refractivity contribution is 5.83. The number of hydrogen-bond donors (Lipinski definition) is 0. The van der Waals surface area contributed by atoms with Crippen LogP contribution in [0.5, 0.6) is 5.88 Å². The number of hydrogen-bond acceptors (Lipinski definition) is 5. The molecule has 4 rings (SSSR count). The summed E-state index contributed by atoms with van der Waals surface area (Å²) in [5.41, 5.74) is 2.20. The highest BCUT2D eigenvalue weighted by Crippen LogP contribution is 2.29.